The molecule has 3 aliphatic rings. The van der Waals surface area contributed by atoms with Crippen molar-refractivity contribution in [2.75, 3.05) is 5.32 Å². The van der Waals surface area contributed by atoms with Crippen molar-refractivity contribution in [3.63, 3.8) is 0 Å². The van der Waals surface area contributed by atoms with Crippen LogP contribution in [0, 0.1) is 16.0 Å². The lowest BCUT2D eigenvalue weighted by molar-refractivity contribution is -0.384. The molecule has 8 nitrogen and oxygen atoms in total. The van der Waals surface area contributed by atoms with Crippen LogP contribution < -0.4 is 5.32 Å². The third-order valence-electron chi connectivity index (χ3n) is 8.59. The molecule has 1 fully saturated rings. The Balaban J connectivity index is 1.53. The Morgan fingerprint density at radius 1 is 0.881 bits per heavy atom. The maximum Gasteiger partial charge on any atom is 0.270 e. The maximum absolute atomic E-state index is 14.8. The number of hydrogen-bond acceptors (Lipinski definition) is 6. The lowest BCUT2D eigenvalue weighted by atomic mass is 9.62. The van der Waals surface area contributed by atoms with Crippen LogP contribution in [0.4, 0.5) is 11.4 Å². The lowest BCUT2D eigenvalue weighted by Crippen LogP contribution is -2.49. The number of nitrogens with zero attached hydrogens (tertiary/aromatic N) is 2. The van der Waals surface area contributed by atoms with E-state index in [1.54, 1.807) is 48.7 Å². The van der Waals surface area contributed by atoms with Crippen LogP contribution in [-0.2, 0) is 10.2 Å². The van der Waals surface area contributed by atoms with Crippen molar-refractivity contribution in [2.24, 2.45) is 5.92 Å². The molecule has 0 bridgehead atoms. The third kappa shape index (κ3) is 3.58. The fraction of sp³-hybridized carbons (Fsp3) is 0.121. The summed E-state index contributed by atoms with van der Waals surface area (Å²) in [5.74, 6) is -2.53. The molecule has 1 N–H and O–H groups in total. The number of halogens is 1. The molecule has 206 valence electrons. The number of carbonyl (C=O) groups excluding carboxylic acids is 3. The number of para-hydroxylation sites is 1. The van der Waals surface area contributed by atoms with Gasteiger partial charge in [0.15, 0.2) is 11.6 Å². The molecule has 1 saturated heterocycles. The maximum atomic E-state index is 14.8. The predicted octanol–water partition coefficient (Wildman–Crippen LogP) is 6.23. The van der Waals surface area contributed by atoms with Crippen molar-refractivity contribution in [2.45, 2.75) is 17.5 Å². The minimum Gasteiger partial charge on any atom is -0.358 e. The standard InChI is InChI=1S/C33H22ClN3O5/c34-22-14-12-20(13-15-22)30(39)28-27(29(38)21-7-5-8-23(18-21)37(41)42)33(25-10-3-4-11-26(25)35-32(33)40)31-24-9-2-1-6-19(24)16-17-36(28)31/h1-18,27-28,31H,(H,35,40)/t27-,28+,31-,33+/m0/s1. The number of Topliss-reactive ketones (excluding diaryl/α,β-unsaturated/α-hetero) is 2. The second-order valence-corrected chi connectivity index (χ2v) is 11.1. The third-order valence-corrected chi connectivity index (χ3v) is 8.84. The van der Waals surface area contributed by atoms with Crippen LogP contribution in [0.15, 0.2) is 103 Å². The summed E-state index contributed by atoms with van der Waals surface area (Å²) in [6.45, 7) is 0. The first-order valence-corrected chi connectivity index (χ1v) is 13.7. The van der Waals surface area contributed by atoms with E-state index < -0.39 is 40.0 Å². The van der Waals surface area contributed by atoms with Gasteiger partial charge in [0.25, 0.3) is 5.69 Å². The summed E-state index contributed by atoms with van der Waals surface area (Å²) in [4.78, 5) is 56.6. The molecule has 1 amide bonds. The van der Waals surface area contributed by atoms with E-state index in [-0.39, 0.29) is 17.0 Å². The lowest BCUT2D eigenvalue weighted by Gasteiger charge is -2.38. The zero-order chi connectivity index (χ0) is 29.2. The molecule has 0 aliphatic carbocycles. The topological polar surface area (TPSA) is 110 Å². The highest BCUT2D eigenvalue weighted by molar-refractivity contribution is 6.30. The number of carbonyl (C=O) groups is 3. The van der Waals surface area contributed by atoms with Crippen molar-refractivity contribution in [3.05, 3.63) is 146 Å². The van der Waals surface area contributed by atoms with Gasteiger partial charge in [0.05, 0.1) is 16.9 Å². The van der Waals surface area contributed by atoms with Crippen LogP contribution in [0.1, 0.15) is 43.4 Å². The van der Waals surface area contributed by atoms with Crippen LogP contribution in [-0.4, -0.2) is 33.3 Å². The largest absolute Gasteiger partial charge is 0.358 e. The average molecular weight is 576 g/mol. The van der Waals surface area contributed by atoms with Gasteiger partial charge in [-0.1, -0.05) is 66.2 Å². The molecule has 4 aromatic carbocycles. The van der Waals surface area contributed by atoms with Crippen molar-refractivity contribution in [1.82, 2.24) is 4.90 Å². The molecule has 42 heavy (non-hydrogen) atoms. The summed E-state index contributed by atoms with van der Waals surface area (Å²) >= 11 is 6.12. The number of ketones is 2. The molecule has 0 radical (unpaired) electrons. The van der Waals surface area contributed by atoms with Crippen molar-refractivity contribution >= 4 is 46.5 Å². The van der Waals surface area contributed by atoms with Gasteiger partial charge in [-0.25, -0.2) is 0 Å². The van der Waals surface area contributed by atoms with Gasteiger partial charge in [-0.15, -0.1) is 0 Å². The Kier molecular flexibility index (Phi) is 5.85. The fourth-order valence-electron chi connectivity index (χ4n) is 6.90. The van der Waals surface area contributed by atoms with Crippen molar-refractivity contribution in [1.29, 1.82) is 0 Å². The van der Waals surface area contributed by atoms with E-state index in [9.17, 15) is 24.5 Å². The van der Waals surface area contributed by atoms with E-state index in [1.165, 1.54) is 24.3 Å². The highest BCUT2D eigenvalue weighted by Crippen LogP contribution is 2.62. The van der Waals surface area contributed by atoms with Crippen LogP contribution in [0.3, 0.4) is 0 Å². The SMILES string of the molecule is O=C(c1cccc([N+](=O)[O-])c1)[C@@H]1[C@H](C(=O)c2ccc(Cl)cc2)N2C=Cc3ccccc3[C@H]2[C@]12C(=O)Nc1ccccc12. The van der Waals surface area contributed by atoms with E-state index in [4.69, 9.17) is 11.6 Å². The van der Waals surface area contributed by atoms with Crippen molar-refractivity contribution < 1.29 is 19.3 Å². The van der Waals surface area contributed by atoms with Crippen LogP contribution in [0.5, 0.6) is 0 Å². The second-order valence-electron chi connectivity index (χ2n) is 10.6. The number of non-ortho nitro benzene ring substituents is 1. The first-order chi connectivity index (χ1) is 20.3. The molecular weight excluding hydrogens is 554 g/mol. The highest BCUT2D eigenvalue weighted by atomic mass is 35.5. The van der Waals surface area contributed by atoms with Gasteiger partial charge < -0.3 is 10.2 Å². The zero-order valence-corrected chi connectivity index (χ0v) is 22.7. The van der Waals surface area contributed by atoms with Crippen LogP contribution >= 0.6 is 11.6 Å². The molecule has 0 saturated carbocycles. The van der Waals surface area contributed by atoms with Crippen LogP contribution in [0.2, 0.25) is 5.02 Å². The normalized spacial score (nSPS) is 23.2. The van der Waals surface area contributed by atoms with Gasteiger partial charge in [0.2, 0.25) is 5.91 Å². The monoisotopic (exact) mass is 575 g/mol. The molecule has 0 aromatic heterocycles. The van der Waals surface area contributed by atoms with E-state index in [2.05, 4.69) is 5.32 Å². The van der Waals surface area contributed by atoms with Gasteiger partial charge in [0.1, 0.15) is 11.5 Å². The molecule has 7 rings (SSSR count). The number of nitrogens with one attached hydrogen (secondary N) is 1. The van der Waals surface area contributed by atoms with E-state index in [1.807, 2.05) is 41.3 Å². The van der Waals surface area contributed by atoms with Gasteiger partial charge in [0, 0.05) is 40.2 Å². The molecule has 3 aliphatic heterocycles. The summed E-state index contributed by atoms with van der Waals surface area (Å²) < 4.78 is 0. The van der Waals surface area contributed by atoms with Gasteiger partial charge in [-0.3, -0.25) is 24.5 Å². The zero-order valence-electron chi connectivity index (χ0n) is 21.9. The Hall–Kier alpha value is -5.08. The average Bonchev–Trinajstić information content (AvgIpc) is 3.49. The fourth-order valence-corrected chi connectivity index (χ4v) is 7.03. The summed E-state index contributed by atoms with van der Waals surface area (Å²) in [5, 5.41) is 15.1. The Morgan fingerprint density at radius 3 is 2.40 bits per heavy atom. The number of anilines is 1. The summed E-state index contributed by atoms with van der Waals surface area (Å²) in [7, 11) is 0. The Bertz CT molecular complexity index is 1850. The predicted molar refractivity (Wildman–Crippen MR) is 157 cm³/mol. The molecule has 4 aromatic rings. The summed E-state index contributed by atoms with van der Waals surface area (Å²) in [6, 6.07) is 24.8. The minimum absolute atomic E-state index is 0.0526. The smallest absolute Gasteiger partial charge is 0.270 e. The quantitative estimate of drug-likeness (QED) is 0.172. The van der Waals surface area contributed by atoms with Crippen LogP contribution in [0.25, 0.3) is 6.08 Å². The minimum atomic E-state index is -1.52. The molecular formula is C33H22ClN3O5. The number of nitro groups is 1. The number of nitro benzene ring substituents is 1. The van der Waals surface area contributed by atoms with Crippen molar-refractivity contribution in [3.8, 4) is 0 Å². The van der Waals surface area contributed by atoms with E-state index >= 15 is 0 Å². The highest BCUT2D eigenvalue weighted by Gasteiger charge is 2.70. The molecule has 4 atom stereocenters. The summed E-state index contributed by atoms with van der Waals surface area (Å²) in [6.07, 6.45) is 3.66. The van der Waals surface area contributed by atoms with Gasteiger partial charge in [-0.2, -0.15) is 0 Å². The molecule has 9 heteroatoms. The molecule has 0 unspecified atom stereocenters. The number of benzene rings is 4. The Morgan fingerprint density at radius 2 is 1.62 bits per heavy atom. The van der Waals surface area contributed by atoms with E-state index in [0.717, 1.165) is 11.1 Å². The van der Waals surface area contributed by atoms with Gasteiger partial charge >= 0.3 is 0 Å². The first kappa shape index (κ1) is 25.9. The number of amides is 1. The Labute approximate surface area is 245 Å². The molecule has 3 heterocycles. The number of rotatable bonds is 5. The first-order valence-electron chi connectivity index (χ1n) is 13.4. The number of fused-ring (bicyclic) bond motifs is 6. The van der Waals surface area contributed by atoms with Gasteiger partial charge in [-0.05, 0) is 53.1 Å². The molecule has 1 spiro atoms. The van der Waals surface area contributed by atoms with E-state index in [0.29, 0.717) is 21.8 Å². The summed E-state index contributed by atoms with van der Waals surface area (Å²) in [5.41, 5.74) is 1.44. The second kappa shape index (κ2) is 9.49. The number of hydrogen-bond donors (Lipinski definition) is 1.